The molecule has 2 nitrogen and oxygen atoms in total. The lowest BCUT2D eigenvalue weighted by atomic mass is 10.2. The molecule has 0 fully saturated rings. The van der Waals surface area contributed by atoms with E-state index in [0.717, 1.165) is 5.56 Å². The van der Waals surface area contributed by atoms with Gasteiger partial charge in [-0.05, 0) is 18.6 Å². The van der Waals surface area contributed by atoms with Crippen LogP contribution in [0.5, 0.6) is 11.5 Å². The first-order chi connectivity index (χ1) is 5.75. The number of phenols is 1. The Morgan fingerprint density at radius 3 is 2.92 bits per heavy atom. The summed E-state index contributed by atoms with van der Waals surface area (Å²) in [7, 11) is 0. The summed E-state index contributed by atoms with van der Waals surface area (Å²) in [6, 6.07) is 5.27. The van der Waals surface area contributed by atoms with Gasteiger partial charge in [-0.3, -0.25) is 0 Å². The largest absolute Gasteiger partial charge is 0.504 e. The maximum Gasteiger partial charge on any atom is 0.164 e. The van der Waals surface area contributed by atoms with Gasteiger partial charge in [0.1, 0.15) is 6.61 Å². The van der Waals surface area contributed by atoms with Crippen molar-refractivity contribution >= 4 is 0 Å². The second kappa shape index (κ2) is 3.81. The van der Waals surface area contributed by atoms with Gasteiger partial charge in [-0.2, -0.15) is 0 Å². The van der Waals surface area contributed by atoms with E-state index in [9.17, 15) is 5.11 Å². The number of rotatable bonds is 3. The van der Waals surface area contributed by atoms with E-state index >= 15 is 0 Å². The molecule has 1 N–H and O–H groups in total. The minimum absolute atomic E-state index is 0.178. The van der Waals surface area contributed by atoms with E-state index in [2.05, 4.69) is 6.58 Å². The average Bonchev–Trinajstić information content (AvgIpc) is 2.04. The first kappa shape index (κ1) is 8.65. The van der Waals surface area contributed by atoms with Crippen molar-refractivity contribution < 1.29 is 9.84 Å². The number of aromatic hydroxyl groups is 1. The number of hydrogen-bond acceptors (Lipinski definition) is 2. The Hall–Kier alpha value is -1.44. The van der Waals surface area contributed by atoms with Gasteiger partial charge in [0.15, 0.2) is 11.5 Å². The van der Waals surface area contributed by atoms with E-state index in [1.165, 1.54) is 0 Å². The molecular weight excluding hydrogens is 152 g/mol. The smallest absolute Gasteiger partial charge is 0.164 e. The van der Waals surface area contributed by atoms with E-state index in [1.54, 1.807) is 18.2 Å². The molecule has 0 aromatic heterocycles. The summed E-state index contributed by atoms with van der Waals surface area (Å²) in [6.07, 6.45) is 1.64. The summed E-state index contributed by atoms with van der Waals surface area (Å²) in [6.45, 7) is 5.83. The predicted molar refractivity (Wildman–Crippen MR) is 48.5 cm³/mol. The molecule has 12 heavy (non-hydrogen) atoms. The van der Waals surface area contributed by atoms with Gasteiger partial charge in [-0.25, -0.2) is 0 Å². The average molecular weight is 164 g/mol. The number of aryl methyl sites for hydroxylation is 1. The van der Waals surface area contributed by atoms with Crippen LogP contribution in [0.1, 0.15) is 5.56 Å². The van der Waals surface area contributed by atoms with Gasteiger partial charge in [0, 0.05) is 0 Å². The highest BCUT2D eigenvalue weighted by molar-refractivity contribution is 5.44. The lowest BCUT2D eigenvalue weighted by Gasteiger charge is -2.07. The Bertz CT molecular complexity index is 259. The van der Waals surface area contributed by atoms with Crippen LogP contribution in [0.25, 0.3) is 0 Å². The summed E-state index contributed by atoms with van der Waals surface area (Å²) in [4.78, 5) is 0. The third-order valence-electron chi connectivity index (χ3n) is 1.54. The molecule has 0 saturated carbocycles. The fraction of sp³-hybridized carbons (Fsp3) is 0.200. The van der Waals surface area contributed by atoms with Crippen LogP contribution in [-0.2, 0) is 0 Å². The minimum atomic E-state index is 0.178. The Morgan fingerprint density at radius 1 is 1.58 bits per heavy atom. The van der Waals surface area contributed by atoms with Crippen molar-refractivity contribution in [2.45, 2.75) is 6.92 Å². The standard InChI is InChI=1S/C10H12O2/c1-3-7-12-10-8(2)5-4-6-9(10)11/h3-6,11H,1,7H2,2H3. The third kappa shape index (κ3) is 1.78. The lowest BCUT2D eigenvalue weighted by Crippen LogP contribution is -1.94. The van der Waals surface area contributed by atoms with Gasteiger partial charge in [-0.15, -0.1) is 0 Å². The zero-order valence-electron chi connectivity index (χ0n) is 7.08. The normalized spacial score (nSPS) is 9.42. The molecule has 1 rings (SSSR count). The number of ether oxygens (including phenoxy) is 1. The molecule has 0 aliphatic rings. The van der Waals surface area contributed by atoms with Crippen LogP contribution < -0.4 is 4.74 Å². The number of phenolic OH excluding ortho intramolecular Hbond substituents is 1. The Balaban J connectivity index is 2.88. The first-order valence-corrected chi connectivity index (χ1v) is 3.78. The topological polar surface area (TPSA) is 29.5 Å². The summed E-state index contributed by atoms with van der Waals surface area (Å²) in [5.41, 5.74) is 0.928. The molecule has 0 saturated heterocycles. The van der Waals surface area contributed by atoms with E-state index < -0.39 is 0 Å². The maximum absolute atomic E-state index is 9.36. The van der Waals surface area contributed by atoms with Crippen LogP contribution in [0, 0.1) is 6.92 Å². The molecule has 1 aromatic rings. The van der Waals surface area contributed by atoms with Crippen LogP contribution in [0.15, 0.2) is 30.9 Å². The molecule has 0 bridgehead atoms. The van der Waals surface area contributed by atoms with Gasteiger partial charge in [-0.1, -0.05) is 24.8 Å². The second-order valence-corrected chi connectivity index (χ2v) is 2.52. The zero-order valence-corrected chi connectivity index (χ0v) is 7.08. The van der Waals surface area contributed by atoms with Gasteiger partial charge in [0.05, 0.1) is 0 Å². The van der Waals surface area contributed by atoms with Crippen molar-refractivity contribution in [2.24, 2.45) is 0 Å². The number of para-hydroxylation sites is 1. The van der Waals surface area contributed by atoms with Crippen LogP contribution in [0.3, 0.4) is 0 Å². The highest BCUT2D eigenvalue weighted by Crippen LogP contribution is 2.28. The molecule has 1 aromatic carbocycles. The van der Waals surface area contributed by atoms with Crippen LogP contribution in [0.2, 0.25) is 0 Å². The predicted octanol–water partition coefficient (Wildman–Crippen LogP) is 2.27. The summed E-state index contributed by atoms with van der Waals surface area (Å²) in [5.74, 6) is 0.717. The fourth-order valence-corrected chi connectivity index (χ4v) is 0.967. The van der Waals surface area contributed by atoms with Gasteiger partial charge >= 0.3 is 0 Å². The Morgan fingerprint density at radius 2 is 2.33 bits per heavy atom. The summed E-state index contributed by atoms with van der Waals surface area (Å²) < 4.78 is 5.25. The van der Waals surface area contributed by atoms with Crippen LogP contribution in [-0.4, -0.2) is 11.7 Å². The molecular formula is C10H12O2. The third-order valence-corrected chi connectivity index (χ3v) is 1.54. The van der Waals surface area contributed by atoms with Crippen LogP contribution in [0.4, 0.5) is 0 Å². The van der Waals surface area contributed by atoms with E-state index in [-0.39, 0.29) is 5.75 Å². The fourth-order valence-electron chi connectivity index (χ4n) is 0.967. The maximum atomic E-state index is 9.36. The van der Waals surface area contributed by atoms with Crippen LogP contribution >= 0.6 is 0 Å². The first-order valence-electron chi connectivity index (χ1n) is 3.78. The molecule has 0 aliphatic carbocycles. The quantitative estimate of drug-likeness (QED) is 0.694. The van der Waals surface area contributed by atoms with Crippen molar-refractivity contribution in [2.75, 3.05) is 6.61 Å². The highest BCUT2D eigenvalue weighted by Gasteiger charge is 2.03. The molecule has 0 amide bonds. The number of hydrogen-bond donors (Lipinski definition) is 1. The number of benzene rings is 1. The van der Waals surface area contributed by atoms with Gasteiger partial charge in [0.2, 0.25) is 0 Å². The molecule has 0 aliphatic heterocycles. The summed E-state index contributed by atoms with van der Waals surface area (Å²) >= 11 is 0. The molecule has 64 valence electrons. The highest BCUT2D eigenvalue weighted by atomic mass is 16.5. The van der Waals surface area contributed by atoms with Crippen molar-refractivity contribution in [1.29, 1.82) is 0 Å². The van der Waals surface area contributed by atoms with Crippen molar-refractivity contribution in [3.63, 3.8) is 0 Å². The molecule has 0 heterocycles. The van der Waals surface area contributed by atoms with E-state index in [1.807, 2.05) is 13.0 Å². The Kier molecular flexibility index (Phi) is 2.75. The van der Waals surface area contributed by atoms with Crippen molar-refractivity contribution in [1.82, 2.24) is 0 Å². The SMILES string of the molecule is C=CCOc1c(C)cccc1O. The van der Waals surface area contributed by atoms with E-state index in [0.29, 0.717) is 12.4 Å². The molecule has 0 radical (unpaired) electrons. The monoisotopic (exact) mass is 164 g/mol. The Labute approximate surface area is 72.1 Å². The van der Waals surface area contributed by atoms with Gasteiger partial charge < -0.3 is 9.84 Å². The van der Waals surface area contributed by atoms with E-state index in [4.69, 9.17) is 4.74 Å². The lowest BCUT2D eigenvalue weighted by molar-refractivity contribution is 0.334. The second-order valence-electron chi connectivity index (χ2n) is 2.52. The minimum Gasteiger partial charge on any atom is -0.504 e. The van der Waals surface area contributed by atoms with Crippen molar-refractivity contribution in [3.8, 4) is 11.5 Å². The molecule has 0 unspecified atom stereocenters. The molecule has 0 atom stereocenters. The molecule has 2 heteroatoms. The van der Waals surface area contributed by atoms with Gasteiger partial charge in [0.25, 0.3) is 0 Å². The zero-order chi connectivity index (χ0) is 8.97. The van der Waals surface area contributed by atoms with Crippen molar-refractivity contribution in [3.05, 3.63) is 36.4 Å². The molecule has 0 spiro atoms. The summed E-state index contributed by atoms with van der Waals surface area (Å²) in [5, 5.41) is 9.36.